The smallest absolute Gasteiger partial charge is 0.257 e. The van der Waals surface area contributed by atoms with Crippen LogP contribution in [0.4, 0.5) is 0 Å². The van der Waals surface area contributed by atoms with Crippen molar-refractivity contribution < 1.29 is 4.79 Å². The molecular formula is C20H21N5O2. The molecule has 0 aliphatic heterocycles. The largest absolute Gasteiger partial charge is 0.335 e. The van der Waals surface area contributed by atoms with Crippen molar-refractivity contribution in [2.24, 2.45) is 0 Å². The highest BCUT2D eigenvalue weighted by atomic mass is 16.2. The van der Waals surface area contributed by atoms with E-state index < -0.39 is 0 Å². The molecule has 3 aromatic rings. The molecule has 27 heavy (non-hydrogen) atoms. The number of nitrogens with zero attached hydrogens (tertiary/aromatic N) is 4. The Kier molecular flexibility index (Phi) is 4.14. The van der Waals surface area contributed by atoms with Crippen LogP contribution in [-0.4, -0.2) is 37.6 Å². The molecule has 1 aliphatic rings. The van der Waals surface area contributed by atoms with Gasteiger partial charge in [0.15, 0.2) is 0 Å². The number of aryl methyl sites for hydroxylation is 2. The molecular weight excluding hydrogens is 342 g/mol. The van der Waals surface area contributed by atoms with Crippen LogP contribution in [0.3, 0.4) is 0 Å². The van der Waals surface area contributed by atoms with Gasteiger partial charge in [0.05, 0.1) is 23.5 Å². The van der Waals surface area contributed by atoms with Gasteiger partial charge in [0.1, 0.15) is 0 Å². The van der Waals surface area contributed by atoms with Gasteiger partial charge < -0.3 is 4.90 Å². The molecule has 0 fully saturated rings. The summed E-state index contributed by atoms with van der Waals surface area (Å²) in [4.78, 5) is 33.6. The predicted molar refractivity (Wildman–Crippen MR) is 101 cm³/mol. The van der Waals surface area contributed by atoms with E-state index in [2.05, 4.69) is 27.2 Å². The third kappa shape index (κ3) is 2.95. The molecule has 1 aliphatic carbocycles. The van der Waals surface area contributed by atoms with Crippen LogP contribution >= 0.6 is 0 Å². The molecule has 7 heteroatoms. The van der Waals surface area contributed by atoms with Crippen molar-refractivity contribution in [3.05, 3.63) is 75.0 Å². The first-order chi connectivity index (χ1) is 13.0. The van der Waals surface area contributed by atoms with Gasteiger partial charge in [-0.2, -0.15) is 5.10 Å². The molecule has 0 saturated carbocycles. The highest BCUT2D eigenvalue weighted by Gasteiger charge is 2.30. The molecule has 4 rings (SSSR count). The van der Waals surface area contributed by atoms with E-state index in [0.717, 1.165) is 12.8 Å². The van der Waals surface area contributed by atoms with E-state index in [1.54, 1.807) is 18.7 Å². The number of carbonyl (C=O) groups excluding carboxylic acids is 1. The summed E-state index contributed by atoms with van der Waals surface area (Å²) in [6.45, 7) is 3.55. The summed E-state index contributed by atoms with van der Waals surface area (Å²) in [7, 11) is 1.83. The zero-order chi connectivity index (χ0) is 19.1. The average Bonchev–Trinajstić information content (AvgIpc) is 3.23. The summed E-state index contributed by atoms with van der Waals surface area (Å²) in [5, 5.41) is 4.28. The number of amides is 1. The molecule has 1 amide bonds. The first-order valence-electron chi connectivity index (χ1n) is 8.93. The Morgan fingerprint density at radius 1 is 1.30 bits per heavy atom. The molecule has 1 N–H and O–H groups in total. The van der Waals surface area contributed by atoms with Crippen LogP contribution in [0.25, 0.3) is 5.95 Å². The van der Waals surface area contributed by atoms with E-state index in [9.17, 15) is 9.59 Å². The van der Waals surface area contributed by atoms with Crippen LogP contribution in [-0.2, 0) is 6.42 Å². The van der Waals surface area contributed by atoms with Crippen molar-refractivity contribution in [2.45, 2.75) is 32.7 Å². The Hall–Kier alpha value is -3.22. The second-order valence-electron chi connectivity index (χ2n) is 6.94. The van der Waals surface area contributed by atoms with Crippen molar-refractivity contribution in [3.63, 3.8) is 0 Å². The van der Waals surface area contributed by atoms with Crippen molar-refractivity contribution in [2.75, 3.05) is 7.05 Å². The number of carbonyl (C=O) groups is 1. The van der Waals surface area contributed by atoms with Crippen molar-refractivity contribution in [3.8, 4) is 5.95 Å². The number of nitrogens with one attached hydrogen (secondary N) is 1. The third-order valence-electron chi connectivity index (χ3n) is 5.19. The van der Waals surface area contributed by atoms with Crippen LogP contribution in [0.2, 0.25) is 0 Å². The second kappa shape index (κ2) is 6.50. The van der Waals surface area contributed by atoms with E-state index in [4.69, 9.17) is 0 Å². The maximum atomic E-state index is 13.1. The standard InChI is InChI=1S/C20H21N5O2/c1-12-10-18(26)23-20(22-12)25-13(2)16(11-21-25)19(27)24(3)17-9-8-14-6-4-5-7-15(14)17/h4-7,10-11,17H,8-9H2,1-3H3,(H,22,23,26). The number of fused-ring (bicyclic) bond motifs is 1. The number of rotatable bonds is 3. The minimum absolute atomic E-state index is 0.0633. The summed E-state index contributed by atoms with van der Waals surface area (Å²) >= 11 is 0. The second-order valence-corrected chi connectivity index (χ2v) is 6.94. The van der Waals surface area contributed by atoms with Crippen molar-refractivity contribution in [1.82, 2.24) is 24.6 Å². The summed E-state index contributed by atoms with van der Waals surface area (Å²) in [6.07, 6.45) is 3.43. The highest BCUT2D eigenvalue weighted by Crippen LogP contribution is 2.35. The van der Waals surface area contributed by atoms with Gasteiger partial charge in [-0.15, -0.1) is 0 Å². The Labute approximate surface area is 156 Å². The van der Waals surface area contributed by atoms with Gasteiger partial charge in [0.2, 0.25) is 5.95 Å². The average molecular weight is 363 g/mol. The van der Waals surface area contributed by atoms with Gasteiger partial charge in [0.25, 0.3) is 11.5 Å². The summed E-state index contributed by atoms with van der Waals surface area (Å²) < 4.78 is 1.50. The number of aromatic nitrogens is 4. The van der Waals surface area contributed by atoms with E-state index in [1.165, 1.54) is 28.1 Å². The van der Waals surface area contributed by atoms with E-state index in [-0.39, 0.29) is 17.5 Å². The lowest BCUT2D eigenvalue weighted by molar-refractivity contribution is 0.0730. The van der Waals surface area contributed by atoms with Gasteiger partial charge in [-0.25, -0.2) is 9.67 Å². The summed E-state index contributed by atoms with van der Waals surface area (Å²) in [5.41, 5.74) is 4.01. The van der Waals surface area contributed by atoms with Gasteiger partial charge in [-0.1, -0.05) is 24.3 Å². The zero-order valence-corrected chi connectivity index (χ0v) is 15.6. The first kappa shape index (κ1) is 17.2. The SMILES string of the molecule is Cc1cc(=O)[nH]c(-n2ncc(C(=O)N(C)C3CCc4ccccc43)c2C)n1. The Bertz CT molecular complexity index is 1080. The molecule has 138 valence electrons. The van der Waals surface area contributed by atoms with E-state index in [1.807, 2.05) is 19.2 Å². The Balaban J connectivity index is 1.66. The fraction of sp³-hybridized carbons (Fsp3) is 0.300. The molecule has 1 unspecified atom stereocenters. The molecule has 0 bridgehead atoms. The number of aromatic amines is 1. The molecule has 7 nitrogen and oxygen atoms in total. The molecule has 2 aromatic heterocycles. The summed E-state index contributed by atoms with van der Waals surface area (Å²) in [6, 6.07) is 9.74. The lowest BCUT2D eigenvalue weighted by Gasteiger charge is -2.25. The monoisotopic (exact) mass is 363 g/mol. The van der Waals surface area contributed by atoms with E-state index in [0.29, 0.717) is 22.9 Å². The molecule has 0 saturated heterocycles. The molecule has 2 heterocycles. The van der Waals surface area contributed by atoms with Gasteiger partial charge >= 0.3 is 0 Å². The van der Waals surface area contributed by atoms with Crippen LogP contribution in [0.15, 0.2) is 41.3 Å². The minimum atomic E-state index is -0.250. The van der Waals surface area contributed by atoms with Gasteiger partial charge in [-0.3, -0.25) is 14.6 Å². The van der Waals surface area contributed by atoms with Crippen LogP contribution < -0.4 is 5.56 Å². The van der Waals surface area contributed by atoms with Gasteiger partial charge in [0, 0.05) is 18.8 Å². The van der Waals surface area contributed by atoms with Gasteiger partial charge in [-0.05, 0) is 37.8 Å². The minimum Gasteiger partial charge on any atom is -0.335 e. The van der Waals surface area contributed by atoms with E-state index >= 15 is 0 Å². The zero-order valence-electron chi connectivity index (χ0n) is 15.6. The first-order valence-corrected chi connectivity index (χ1v) is 8.93. The number of hydrogen-bond donors (Lipinski definition) is 1. The topological polar surface area (TPSA) is 83.9 Å². The predicted octanol–water partition coefficient (Wildman–Crippen LogP) is 2.33. The van der Waals surface area contributed by atoms with Crippen LogP contribution in [0, 0.1) is 13.8 Å². The van der Waals surface area contributed by atoms with Crippen molar-refractivity contribution >= 4 is 5.91 Å². The fourth-order valence-electron chi connectivity index (χ4n) is 3.77. The molecule has 0 spiro atoms. The maximum absolute atomic E-state index is 13.1. The summed E-state index contributed by atoms with van der Waals surface area (Å²) in [5.74, 6) is 0.223. The molecule has 1 aromatic carbocycles. The lowest BCUT2D eigenvalue weighted by atomic mass is 10.1. The molecule has 1 atom stereocenters. The Morgan fingerprint density at radius 3 is 2.85 bits per heavy atom. The lowest BCUT2D eigenvalue weighted by Crippen LogP contribution is -2.30. The Morgan fingerprint density at radius 2 is 2.07 bits per heavy atom. The van der Waals surface area contributed by atoms with Crippen LogP contribution in [0.5, 0.6) is 0 Å². The normalized spacial score (nSPS) is 15.6. The third-order valence-corrected chi connectivity index (χ3v) is 5.19. The quantitative estimate of drug-likeness (QED) is 0.774. The fourth-order valence-corrected chi connectivity index (χ4v) is 3.77. The van der Waals surface area contributed by atoms with Crippen molar-refractivity contribution in [1.29, 1.82) is 0 Å². The number of benzene rings is 1. The highest BCUT2D eigenvalue weighted by molar-refractivity contribution is 5.95. The number of H-pyrrole nitrogens is 1. The number of hydrogen-bond acceptors (Lipinski definition) is 4. The van der Waals surface area contributed by atoms with Crippen LogP contribution in [0.1, 0.15) is 45.3 Å². The molecule has 0 radical (unpaired) electrons. The maximum Gasteiger partial charge on any atom is 0.257 e.